The number of hydrogen-bond acceptors (Lipinski definition) is 5. The number of benzene rings is 1. The molecule has 0 atom stereocenters. The normalized spacial score (nSPS) is 10.9. The van der Waals surface area contributed by atoms with Gasteiger partial charge >= 0.3 is 5.97 Å². The largest absolute Gasteiger partial charge is 0.468 e. The average Bonchev–Trinajstić information content (AvgIpc) is 3.12. The number of halogens is 1. The Kier molecular flexibility index (Phi) is 7.84. The third-order valence-corrected chi connectivity index (χ3v) is 4.92. The first-order valence-electron chi connectivity index (χ1n) is 7.92. The number of ether oxygens (including phenoxy) is 2. The van der Waals surface area contributed by atoms with Crippen molar-refractivity contribution in [1.29, 1.82) is 0 Å². The Hall–Kier alpha value is -2.15. The second kappa shape index (κ2) is 10.1. The maximum atomic E-state index is 12.4. The highest BCUT2D eigenvalue weighted by Gasteiger charge is 2.15. The highest BCUT2D eigenvalue weighted by atomic mass is 35.5. The predicted molar refractivity (Wildman–Crippen MR) is 104 cm³/mol. The zero-order valence-electron chi connectivity index (χ0n) is 14.6. The molecule has 1 amide bonds. The molecule has 0 spiro atoms. The van der Waals surface area contributed by atoms with Crippen LogP contribution in [0.15, 0.2) is 42.5 Å². The number of nitrogens with zero attached hydrogens (tertiary/aromatic N) is 1. The number of hydrogen-bond donors (Lipinski definition) is 0. The van der Waals surface area contributed by atoms with Crippen LogP contribution < -0.4 is 0 Å². The summed E-state index contributed by atoms with van der Waals surface area (Å²) in [5.74, 6) is -0.738. The Morgan fingerprint density at radius 1 is 1.15 bits per heavy atom. The van der Waals surface area contributed by atoms with Crippen LogP contribution in [0.4, 0.5) is 0 Å². The zero-order valence-corrected chi connectivity index (χ0v) is 16.2. The van der Waals surface area contributed by atoms with Crippen LogP contribution in [0, 0.1) is 0 Å². The summed E-state index contributed by atoms with van der Waals surface area (Å²) in [5.41, 5.74) is 1.07. The molecular formula is C19H20ClNO4S. The fourth-order valence-electron chi connectivity index (χ4n) is 2.16. The lowest BCUT2D eigenvalue weighted by Gasteiger charge is -2.19. The molecule has 0 aliphatic rings. The summed E-state index contributed by atoms with van der Waals surface area (Å²) in [5, 5.41) is 0.692. The lowest BCUT2D eigenvalue weighted by molar-refractivity contribution is -0.145. The topological polar surface area (TPSA) is 55.8 Å². The van der Waals surface area contributed by atoms with E-state index in [-0.39, 0.29) is 12.5 Å². The predicted octanol–water partition coefficient (Wildman–Crippen LogP) is 3.73. The van der Waals surface area contributed by atoms with E-state index in [1.54, 1.807) is 24.5 Å². The van der Waals surface area contributed by atoms with Crippen LogP contribution in [-0.2, 0) is 19.1 Å². The summed E-state index contributed by atoms with van der Waals surface area (Å²) < 4.78 is 9.61. The van der Waals surface area contributed by atoms with Gasteiger partial charge in [-0.3, -0.25) is 9.59 Å². The summed E-state index contributed by atoms with van der Waals surface area (Å²) in [4.78, 5) is 27.2. The number of carbonyl (C=O) groups is 2. The minimum Gasteiger partial charge on any atom is -0.468 e. The first-order chi connectivity index (χ1) is 12.5. The van der Waals surface area contributed by atoms with Gasteiger partial charge in [0.15, 0.2) is 0 Å². The van der Waals surface area contributed by atoms with Crippen LogP contribution >= 0.6 is 22.9 Å². The summed E-state index contributed by atoms with van der Waals surface area (Å²) in [7, 11) is 2.83. The van der Waals surface area contributed by atoms with Gasteiger partial charge in [0.25, 0.3) is 0 Å². The monoisotopic (exact) mass is 393 g/mol. The maximum Gasteiger partial charge on any atom is 0.325 e. The third kappa shape index (κ3) is 5.98. The first kappa shape index (κ1) is 20.2. The molecule has 0 fully saturated rings. The molecule has 0 bridgehead atoms. The fourth-order valence-corrected chi connectivity index (χ4v) is 3.20. The molecule has 0 saturated heterocycles. The van der Waals surface area contributed by atoms with Crippen molar-refractivity contribution >= 4 is 40.9 Å². The molecule has 0 N–H and O–H groups in total. The molecule has 1 heterocycles. The molecule has 0 aliphatic heterocycles. The molecule has 0 saturated carbocycles. The van der Waals surface area contributed by atoms with Crippen molar-refractivity contribution in [3.63, 3.8) is 0 Å². The number of carbonyl (C=O) groups excluding carboxylic acids is 2. The minimum absolute atomic E-state index is 0.108. The highest BCUT2D eigenvalue weighted by Crippen LogP contribution is 2.29. The molecule has 7 heteroatoms. The van der Waals surface area contributed by atoms with Crippen molar-refractivity contribution in [2.75, 3.05) is 33.9 Å². The van der Waals surface area contributed by atoms with E-state index in [2.05, 4.69) is 4.74 Å². The molecule has 0 unspecified atom stereocenters. The Morgan fingerprint density at radius 2 is 1.88 bits per heavy atom. The average molecular weight is 394 g/mol. The van der Waals surface area contributed by atoms with E-state index in [9.17, 15) is 9.59 Å². The van der Waals surface area contributed by atoms with E-state index in [0.29, 0.717) is 18.2 Å². The highest BCUT2D eigenvalue weighted by molar-refractivity contribution is 7.16. The van der Waals surface area contributed by atoms with Gasteiger partial charge in [-0.25, -0.2) is 0 Å². The quantitative estimate of drug-likeness (QED) is 0.506. The molecule has 5 nitrogen and oxygen atoms in total. The third-order valence-electron chi connectivity index (χ3n) is 3.57. The van der Waals surface area contributed by atoms with E-state index < -0.39 is 5.97 Å². The van der Waals surface area contributed by atoms with Gasteiger partial charge in [-0.2, -0.15) is 0 Å². The SMILES string of the molecule is COCCN(CC(=O)OC)C(=O)C=Cc1ccc(-c2ccc(Cl)cc2)s1. The Labute approximate surface area is 161 Å². The van der Waals surface area contributed by atoms with Gasteiger partial charge in [-0.1, -0.05) is 23.7 Å². The molecule has 0 aliphatic carbocycles. The van der Waals surface area contributed by atoms with Crippen molar-refractivity contribution in [3.05, 3.63) is 52.4 Å². The second-order valence-electron chi connectivity index (χ2n) is 5.37. The van der Waals surface area contributed by atoms with Crippen molar-refractivity contribution in [1.82, 2.24) is 4.90 Å². The molecule has 0 radical (unpaired) electrons. The van der Waals surface area contributed by atoms with Crippen molar-refractivity contribution in [2.24, 2.45) is 0 Å². The minimum atomic E-state index is -0.469. The molecule has 1 aromatic carbocycles. The van der Waals surface area contributed by atoms with Gasteiger partial charge < -0.3 is 14.4 Å². The van der Waals surface area contributed by atoms with E-state index in [1.165, 1.54) is 18.1 Å². The van der Waals surface area contributed by atoms with Gasteiger partial charge in [0, 0.05) is 34.5 Å². The van der Waals surface area contributed by atoms with Gasteiger partial charge in [0.1, 0.15) is 6.54 Å². The standard InChI is InChI=1S/C19H20ClNO4S/c1-24-12-11-21(13-19(23)25-2)18(22)10-8-16-7-9-17(26-16)14-3-5-15(20)6-4-14/h3-10H,11-13H2,1-2H3. The van der Waals surface area contributed by atoms with Crippen LogP contribution in [0.3, 0.4) is 0 Å². The zero-order chi connectivity index (χ0) is 18.9. The maximum absolute atomic E-state index is 12.4. The molecule has 2 aromatic rings. The Morgan fingerprint density at radius 3 is 2.54 bits per heavy atom. The second-order valence-corrected chi connectivity index (χ2v) is 6.92. The van der Waals surface area contributed by atoms with E-state index in [0.717, 1.165) is 15.3 Å². The molecule has 2 rings (SSSR count). The summed E-state index contributed by atoms with van der Waals surface area (Å²) >= 11 is 7.47. The fraction of sp³-hybridized carbons (Fsp3) is 0.263. The first-order valence-corrected chi connectivity index (χ1v) is 9.11. The van der Waals surface area contributed by atoms with Gasteiger partial charge in [-0.05, 0) is 35.9 Å². The molecular weight excluding hydrogens is 374 g/mol. The van der Waals surface area contributed by atoms with Crippen molar-refractivity contribution < 1.29 is 19.1 Å². The summed E-state index contributed by atoms with van der Waals surface area (Å²) in [6.07, 6.45) is 3.19. The number of methoxy groups -OCH3 is 2. The number of amides is 1. The lowest BCUT2D eigenvalue weighted by atomic mass is 10.2. The number of rotatable bonds is 8. The lowest BCUT2D eigenvalue weighted by Crippen LogP contribution is -2.37. The van der Waals surface area contributed by atoms with Crippen molar-refractivity contribution in [3.8, 4) is 10.4 Å². The van der Waals surface area contributed by atoms with Crippen LogP contribution in [0.1, 0.15) is 4.88 Å². The summed E-state index contributed by atoms with van der Waals surface area (Å²) in [6.45, 7) is 0.551. The molecule has 1 aromatic heterocycles. The number of esters is 1. The van der Waals surface area contributed by atoms with Crippen molar-refractivity contribution in [2.45, 2.75) is 0 Å². The van der Waals surface area contributed by atoms with E-state index in [1.807, 2.05) is 36.4 Å². The van der Waals surface area contributed by atoms with Crippen LogP contribution in [-0.4, -0.2) is 50.7 Å². The van der Waals surface area contributed by atoms with Gasteiger partial charge in [0.05, 0.1) is 13.7 Å². The Bertz CT molecular complexity index is 770. The van der Waals surface area contributed by atoms with Crippen LogP contribution in [0.2, 0.25) is 5.02 Å². The Balaban J connectivity index is 2.05. The molecule has 26 heavy (non-hydrogen) atoms. The summed E-state index contributed by atoms with van der Waals surface area (Å²) in [6, 6.07) is 11.5. The van der Waals surface area contributed by atoms with Crippen LogP contribution in [0.25, 0.3) is 16.5 Å². The van der Waals surface area contributed by atoms with Crippen LogP contribution in [0.5, 0.6) is 0 Å². The van der Waals surface area contributed by atoms with E-state index in [4.69, 9.17) is 16.3 Å². The van der Waals surface area contributed by atoms with E-state index >= 15 is 0 Å². The molecule has 138 valence electrons. The number of thiophene rings is 1. The smallest absolute Gasteiger partial charge is 0.325 e. The van der Waals surface area contributed by atoms with Gasteiger partial charge in [-0.15, -0.1) is 11.3 Å². The van der Waals surface area contributed by atoms with Gasteiger partial charge in [0.2, 0.25) is 5.91 Å².